The standard InChI is InChI=1S/C30H22ClFN4O5S/c31-21-7-12-25(37)20(14-21)16-33-35-30-36(17-24-5-3-13-40-24)29(39)27(42-30)15-19-4-1-2-6-26(19)41-18-28(38)34-23-10-8-22(32)9-11-23/h1-16,37H,17-18H2,(H,34,38)/b27-15-,33-16-,35-30+. The molecule has 1 saturated heterocycles. The summed E-state index contributed by atoms with van der Waals surface area (Å²) in [6, 6.07) is 20.3. The van der Waals surface area contributed by atoms with Gasteiger partial charge in [-0.1, -0.05) is 29.8 Å². The molecule has 5 rings (SSSR count). The summed E-state index contributed by atoms with van der Waals surface area (Å²) in [7, 11) is 0. The number of ether oxygens (including phenoxy) is 1. The van der Waals surface area contributed by atoms with Crippen LogP contribution in [0.25, 0.3) is 6.08 Å². The van der Waals surface area contributed by atoms with Crippen LogP contribution < -0.4 is 10.1 Å². The summed E-state index contributed by atoms with van der Waals surface area (Å²) in [4.78, 5) is 27.6. The fraction of sp³-hybridized carbons (Fsp3) is 0.0667. The van der Waals surface area contributed by atoms with Crippen molar-refractivity contribution in [3.05, 3.63) is 118 Å². The molecule has 1 aromatic heterocycles. The first-order valence-electron chi connectivity index (χ1n) is 12.5. The Morgan fingerprint density at radius 2 is 1.90 bits per heavy atom. The molecule has 212 valence electrons. The van der Waals surface area contributed by atoms with Crippen LogP contribution in [0.2, 0.25) is 5.02 Å². The van der Waals surface area contributed by atoms with Crippen molar-refractivity contribution >= 4 is 58.3 Å². The van der Waals surface area contributed by atoms with Gasteiger partial charge in [0, 0.05) is 21.8 Å². The number of amides is 2. The monoisotopic (exact) mass is 604 g/mol. The number of hydrogen-bond acceptors (Lipinski definition) is 8. The maximum Gasteiger partial charge on any atom is 0.267 e. The molecule has 4 aromatic rings. The van der Waals surface area contributed by atoms with Crippen LogP contribution in [0.3, 0.4) is 0 Å². The van der Waals surface area contributed by atoms with Crippen molar-refractivity contribution in [1.82, 2.24) is 4.90 Å². The largest absolute Gasteiger partial charge is 0.507 e. The van der Waals surface area contributed by atoms with Gasteiger partial charge in [0.1, 0.15) is 23.1 Å². The lowest BCUT2D eigenvalue weighted by Crippen LogP contribution is -2.28. The first-order valence-corrected chi connectivity index (χ1v) is 13.7. The van der Waals surface area contributed by atoms with E-state index in [0.29, 0.717) is 38.3 Å². The SMILES string of the molecule is O=C(COc1ccccc1/C=C1\S/C(=N/N=C\c2cc(Cl)ccc2O)N(Cc2ccco2)C1=O)Nc1ccc(F)cc1. The molecule has 0 saturated carbocycles. The quantitative estimate of drug-likeness (QED) is 0.132. The highest BCUT2D eigenvalue weighted by Gasteiger charge is 2.34. The molecule has 0 bridgehead atoms. The summed E-state index contributed by atoms with van der Waals surface area (Å²) in [6.45, 7) is -0.185. The predicted octanol–water partition coefficient (Wildman–Crippen LogP) is 6.30. The number of nitrogens with zero attached hydrogens (tertiary/aromatic N) is 3. The summed E-state index contributed by atoms with van der Waals surface area (Å²) in [5.74, 6) is -0.267. The number of carbonyl (C=O) groups excluding carboxylic acids is 2. The predicted molar refractivity (Wildman–Crippen MR) is 160 cm³/mol. The molecule has 12 heteroatoms. The lowest BCUT2D eigenvalue weighted by molar-refractivity contribution is -0.122. The highest BCUT2D eigenvalue weighted by atomic mass is 35.5. The average Bonchev–Trinajstić information content (AvgIpc) is 3.60. The minimum atomic E-state index is -0.432. The Bertz CT molecular complexity index is 1690. The number of nitrogens with one attached hydrogen (secondary N) is 1. The molecule has 0 aliphatic carbocycles. The minimum absolute atomic E-state index is 0.0190. The number of phenolic OH excluding ortho intramolecular Hbond substituents is 1. The topological polar surface area (TPSA) is 117 Å². The number of amidine groups is 1. The average molecular weight is 605 g/mol. The number of para-hydroxylation sites is 1. The zero-order valence-corrected chi connectivity index (χ0v) is 23.3. The highest BCUT2D eigenvalue weighted by Crippen LogP contribution is 2.35. The summed E-state index contributed by atoms with van der Waals surface area (Å²) < 4.78 is 24.3. The fourth-order valence-electron chi connectivity index (χ4n) is 3.80. The molecule has 0 atom stereocenters. The van der Waals surface area contributed by atoms with Gasteiger partial charge in [-0.3, -0.25) is 14.5 Å². The molecule has 3 aromatic carbocycles. The van der Waals surface area contributed by atoms with Crippen molar-refractivity contribution in [3.8, 4) is 11.5 Å². The Hall–Kier alpha value is -4.87. The summed E-state index contributed by atoms with van der Waals surface area (Å²) in [5, 5.41) is 21.7. The Morgan fingerprint density at radius 3 is 2.69 bits per heavy atom. The summed E-state index contributed by atoms with van der Waals surface area (Å²) in [5.41, 5.74) is 1.36. The normalized spacial score (nSPS) is 15.2. The van der Waals surface area contributed by atoms with Gasteiger partial charge in [0.25, 0.3) is 11.8 Å². The molecule has 0 radical (unpaired) electrons. The molecule has 2 N–H and O–H groups in total. The molecule has 0 spiro atoms. The number of phenols is 1. The lowest BCUT2D eigenvalue weighted by Gasteiger charge is -2.12. The number of hydrogen-bond donors (Lipinski definition) is 2. The molecule has 2 heterocycles. The van der Waals surface area contributed by atoms with Crippen molar-refractivity contribution < 1.29 is 28.2 Å². The third-order valence-electron chi connectivity index (χ3n) is 5.80. The summed E-state index contributed by atoms with van der Waals surface area (Å²) >= 11 is 7.11. The van der Waals surface area contributed by atoms with Gasteiger partial charge in [0.15, 0.2) is 11.8 Å². The fourth-order valence-corrected chi connectivity index (χ4v) is 4.90. The zero-order valence-electron chi connectivity index (χ0n) is 21.7. The molecule has 2 amide bonds. The molecule has 1 aliphatic heterocycles. The van der Waals surface area contributed by atoms with Crippen LogP contribution in [-0.4, -0.2) is 39.8 Å². The zero-order chi connectivity index (χ0) is 29.5. The Labute approximate surface area is 249 Å². The van der Waals surface area contributed by atoms with E-state index in [1.54, 1.807) is 48.5 Å². The first kappa shape index (κ1) is 28.7. The second-order valence-electron chi connectivity index (χ2n) is 8.79. The lowest BCUT2D eigenvalue weighted by atomic mass is 10.2. The van der Waals surface area contributed by atoms with Crippen molar-refractivity contribution in [3.63, 3.8) is 0 Å². The van der Waals surface area contributed by atoms with Crippen molar-refractivity contribution in [2.75, 3.05) is 11.9 Å². The number of rotatable bonds is 9. The van der Waals surface area contributed by atoms with Gasteiger partial charge in [0.2, 0.25) is 0 Å². The Morgan fingerprint density at radius 1 is 1.10 bits per heavy atom. The van der Waals surface area contributed by atoms with Crippen molar-refractivity contribution in [1.29, 1.82) is 0 Å². The number of benzene rings is 3. The molecular weight excluding hydrogens is 583 g/mol. The Kier molecular flexibility index (Phi) is 9.00. The maximum absolute atomic E-state index is 13.5. The van der Waals surface area contributed by atoms with E-state index in [1.165, 1.54) is 53.8 Å². The van der Waals surface area contributed by atoms with E-state index < -0.39 is 11.7 Å². The Balaban J connectivity index is 1.35. The molecular formula is C30H22ClFN4O5S. The van der Waals surface area contributed by atoms with Gasteiger partial charge < -0.3 is 19.6 Å². The van der Waals surface area contributed by atoms with Gasteiger partial charge in [0.05, 0.1) is 23.9 Å². The van der Waals surface area contributed by atoms with E-state index in [9.17, 15) is 19.1 Å². The van der Waals surface area contributed by atoms with E-state index in [1.807, 2.05) is 0 Å². The number of furan rings is 1. The third kappa shape index (κ3) is 7.25. The van der Waals surface area contributed by atoms with E-state index in [2.05, 4.69) is 15.5 Å². The molecule has 1 fully saturated rings. The number of aromatic hydroxyl groups is 1. The van der Waals surface area contributed by atoms with Crippen LogP contribution in [0.4, 0.5) is 10.1 Å². The van der Waals surface area contributed by atoms with E-state index >= 15 is 0 Å². The number of anilines is 1. The van der Waals surface area contributed by atoms with Gasteiger partial charge in [-0.05, 0) is 78.5 Å². The number of thioether (sulfide) groups is 1. The third-order valence-corrected chi connectivity index (χ3v) is 7.04. The number of halogens is 2. The van der Waals surface area contributed by atoms with Gasteiger partial charge in [-0.2, -0.15) is 5.10 Å². The second-order valence-corrected chi connectivity index (χ2v) is 10.2. The summed E-state index contributed by atoms with van der Waals surface area (Å²) in [6.07, 6.45) is 4.49. The minimum Gasteiger partial charge on any atom is -0.507 e. The smallest absolute Gasteiger partial charge is 0.267 e. The van der Waals surface area contributed by atoms with E-state index in [-0.39, 0.29) is 30.0 Å². The van der Waals surface area contributed by atoms with Crippen LogP contribution in [-0.2, 0) is 16.1 Å². The van der Waals surface area contributed by atoms with Crippen LogP contribution in [0.1, 0.15) is 16.9 Å². The van der Waals surface area contributed by atoms with Gasteiger partial charge in [-0.15, -0.1) is 5.10 Å². The second kappa shape index (κ2) is 13.2. The van der Waals surface area contributed by atoms with Crippen molar-refractivity contribution in [2.24, 2.45) is 10.2 Å². The molecule has 9 nitrogen and oxygen atoms in total. The van der Waals surface area contributed by atoms with Gasteiger partial charge in [-0.25, -0.2) is 4.39 Å². The van der Waals surface area contributed by atoms with Crippen LogP contribution in [0.15, 0.2) is 105 Å². The highest BCUT2D eigenvalue weighted by molar-refractivity contribution is 8.18. The van der Waals surface area contributed by atoms with E-state index in [4.69, 9.17) is 20.8 Å². The first-order chi connectivity index (χ1) is 20.4. The number of carbonyl (C=O) groups is 2. The van der Waals surface area contributed by atoms with Crippen LogP contribution >= 0.6 is 23.4 Å². The van der Waals surface area contributed by atoms with E-state index in [0.717, 1.165) is 11.8 Å². The van der Waals surface area contributed by atoms with Gasteiger partial charge >= 0.3 is 0 Å². The molecule has 1 aliphatic rings. The molecule has 42 heavy (non-hydrogen) atoms. The maximum atomic E-state index is 13.5. The van der Waals surface area contributed by atoms with Crippen LogP contribution in [0.5, 0.6) is 11.5 Å². The molecule has 0 unspecified atom stereocenters. The van der Waals surface area contributed by atoms with Crippen LogP contribution in [0, 0.1) is 5.82 Å². The van der Waals surface area contributed by atoms with Crippen molar-refractivity contribution in [2.45, 2.75) is 6.54 Å².